The highest BCUT2D eigenvalue weighted by atomic mass is 32.1. The van der Waals surface area contributed by atoms with Gasteiger partial charge in [0.15, 0.2) is 0 Å². The molecule has 0 aromatic carbocycles. The smallest absolute Gasteiger partial charge is 0.372 e. The number of carbonyl (C=O) groups is 1. The van der Waals surface area contributed by atoms with Crippen LogP contribution < -0.4 is 0 Å². The third kappa shape index (κ3) is 2.19. The molecule has 1 unspecified atom stereocenters. The molecular weight excluding hydrogens is 262 g/mol. The zero-order chi connectivity index (χ0) is 13.4. The van der Waals surface area contributed by atoms with Crippen LogP contribution in [0.25, 0.3) is 0 Å². The molecule has 1 aliphatic rings. The van der Waals surface area contributed by atoms with Crippen LogP contribution in [0.4, 0.5) is 0 Å². The number of thiophene rings is 1. The van der Waals surface area contributed by atoms with Crippen LogP contribution in [-0.2, 0) is 13.0 Å². The van der Waals surface area contributed by atoms with Crippen LogP contribution in [0.15, 0.2) is 28.2 Å². The first-order chi connectivity index (χ1) is 9.16. The van der Waals surface area contributed by atoms with E-state index in [1.165, 1.54) is 16.7 Å². The number of nitrogens with zero attached hydrogens (tertiary/aromatic N) is 1. The lowest BCUT2D eigenvalue weighted by Crippen LogP contribution is -2.32. The van der Waals surface area contributed by atoms with Crippen LogP contribution in [0.5, 0.6) is 0 Å². The lowest BCUT2D eigenvalue weighted by Gasteiger charge is -2.33. The van der Waals surface area contributed by atoms with E-state index in [-0.39, 0.29) is 5.76 Å². The van der Waals surface area contributed by atoms with E-state index < -0.39 is 5.97 Å². The van der Waals surface area contributed by atoms with Gasteiger partial charge in [0, 0.05) is 29.6 Å². The minimum absolute atomic E-state index is 0.0586. The van der Waals surface area contributed by atoms with Crippen LogP contribution in [0.2, 0.25) is 0 Å². The van der Waals surface area contributed by atoms with Gasteiger partial charge in [-0.15, -0.1) is 11.3 Å². The van der Waals surface area contributed by atoms with E-state index in [4.69, 9.17) is 9.52 Å². The number of carboxylic acid groups (broad SMARTS) is 1. The Balaban J connectivity index is 1.81. The maximum absolute atomic E-state index is 11.1. The van der Waals surface area contributed by atoms with E-state index in [0.717, 1.165) is 18.5 Å². The highest BCUT2D eigenvalue weighted by Crippen LogP contribution is 2.34. The first kappa shape index (κ1) is 12.4. The number of carboxylic acids is 1. The summed E-state index contributed by atoms with van der Waals surface area (Å²) in [6.07, 6.45) is 2.49. The molecular formula is C14H15NO3S. The molecule has 3 rings (SSSR count). The molecule has 0 saturated carbocycles. The Bertz CT molecular complexity index is 601. The molecule has 2 aromatic heterocycles. The van der Waals surface area contributed by atoms with Gasteiger partial charge in [0.05, 0.1) is 6.26 Å². The topological polar surface area (TPSA) is 53.7 Å². The van der Waals surface area contributed by atoms with Crippen molar-refractivity contribution in [1.29, 1.82) is 0 Å². The number of hydrogen-bond donors (Lipinski definition) is 1. The van der Waals surface area contributed by atoms with Crippen molar-refractivity contribution in [3.63, 3.8) is 0 Å². The Morgan fingerprint density at radius 2 is 2.42 bits per heavy atom. The summed E-state index contributed by atoms with van der Waals surface area (Å²) in [5, 5.41) is 11.2. The van der Waals surface area contributed by atoms with Crippen molar-refractivity contribution < 1.29 is 14.3 Å². The Morgan fingerprint density at radius 3 is 3.21 bits per heavy atom. The van der Waals surface area contributed by atoms with Crippen LogP contribution in [0.3, 0.4) is 0 Å². The van der Waals surface area contributed by atoms with Crippen LogP contribution in [-0.4, -0.2) is 22.5 Å². The first-order valence-electron chi connectivity index (χ1n) is 6.27. The first-order valence-corrected chi connectivity index (χ1v) is 7.14. The van der Waals surface area contributed by atoms with E-state index in [2.05, 4.69) is 23.3 Å². The lowest BCUT2D eigenvalue weighted by molar-refractivity contribution is 0.0658. The number of hydrogen-bond acceptors (Lipinski definition) is 4. The van der Waals surface area contributed by atoms with Gasteiger partial charge in [-0.3, -0.25) is 4.90 Å². The summed E-state index contributed by atoms with van der Waals surface area (Å²) in [7, 11) is 0. The van der Waals surface area contributed by atoms with Gasteiger partial charge in [-0.2, -0.15) is 0 Å². The minimum Gasteiger partial charge on any atom is -0.475 e. The van der Waals surface area contributed by atoms with Crippen molar-refractivity contribution in [2.45, 2.75) is 25.9 Å². The third-order valence-corrected chi connectivity index (χ3v) is 4.71. The van der Waals surface area contributed by atoms with Gasteiger partial charge in [0.1, 0.15) is 0 Å². The van der Waals surface area contributed by atoms with Crippen molar-refractivity contribution >= 4 is 17.3 Å². The Hall–Kier alpha value is -1.59. The number of aromatic carboxylic acids is 1. The van der Waals surface area contributed by atoms with Gasteiger partial charge in [0.2, 0.25) is 5.76 Å². The van der Waals surface area contributed by atoms with E-state index >= 15 is 0 Å². The molecule has 3 heterocycles. The van der Waals surface area contributed by atoms with Crippen LogP contribution in [0, 0.1) is 0 Å². The molecule has 0 saturated heterocycles. The van der Waals surface area contributed by atoms with Gasteiger partial charge in [-0.05, 0) is 36.4 Å². The second-order valence-electron chi connectivity index (χ2n) is 4.78. The third-order valence-electron chi connectivity index (χ3n) is 3.72. The molecule has 1 atom stereocenters. The predicted molar refractivity (Wildman–Crippen MR) is 72.5 cm³/mol. The molecule has 5 heteroatoms. The Labute approximate surface area is 115 Å². The van der Waals surface area contributed by atoms with E-state index in [9.17, 15) is 4.79 Å². The standard InChI is InChI=1S/C14H15NO3S/c1-9-11-4-7-19-12(11)2-5-15(9)8-10-3-6-18-13(10)14(16)17/h3-4,6-7,9H,2,5,8H2,1H3,(H,16,17). The van der Waals surface area contributed by atoms with Crippen LogP contribution >= 0.6 is 11.3 Å². The monoisotopic (exact) mass is 277 g/mol. The normalized spacial score (nSPS) is 19.3. The number of furan rings is 1. The predicted octanol–water partition coefficient (Wildman–Crippen LogP) is 3.16. The number of rotatable bonds is 3. The largest absolute Gasteiger partial charge is 0.475 e. The van der Waals surface area contributed by atoms with Gasteiger partial charge in [-0.25, -0.2) is 4.79 Å². The summed E-state index contributed by atoms with van der Waals surface area (Å²) < 4.78 is 5.03. The van der Waals surface area contributed by atoms with Gasteiger partial charge in [0.25, 0.3) is 0 Å². The fourth-order valence-electron chi connectivity index (χ4n) is 2.64. The van der Waals surface area contributed by atoms with Crippen molar-refractivity contribution in [2.75, 3.05) is 6.54 Å². The minimum atomic E-state index is -0.999. The highest BCUT2D eigenvalue weighted by Gasteiger charge is 2.26. The summed E-state index contributed by atoms with van der Waals surface area (Å²) in [5.74, 6) is -0.941. The van der Waals surface area contributed by atoms with Gasteiger partial charge >= 0.3 is 5.97 Å². The molecule has 19 heavy (non-hydrogen) atoms. The summed E-state index contributed by atoms with van der Waals surface area (Å²) in [4.78, 5) is 14.8. The fraction of sp³-hybridized carbons (Fsp3) is 0.357. The molecule has 0 spiro atoms. The van der Waals surface area contributed by atoms with E-state index in [0.29, 0.717) is 12.6 Å². The summed E-state index contributed by atoms with van der Waals surface area (Å²) in [6.45, 7) is 3.75. The average molecular weight is 277 g/mol. The fourth-order valence-corrected chi connectivity index (χ4v) is 3.61. The molecule has 100 valence electrons. The SMILES string of the molecule is CC1c2ccsc2CCN1Cc1ccoc1C(=O)O. The van der Waals surface area contributed by atoms with Crippen molar-refractivity contribution in [3.8, 4) is 0 Å². The molecule has 0 fully saturated rings. The second-order valence-corrected chi connectivity index (χ2v) is 5.78. The van der Waals surface area contributed by atoms with Crippen molar-refractivity contribution in [3.05, 3.63) is 45.5 Å². The van der Waals surface area contributed by atoms with Crippen LogP contribution in [0.1, 0.15) is 39.5 Å². The summed E-state index contributed by atoms with van der Waals surface area (Å²) in [5.41, 5.74) is 2.12. The van der Waals surface area contributed by atoms with Gasteiger partial charge < -0.3 is 9.52 Å². The highest BCUT2D eigenvalue weighted by molar-refractivity contribution is 7.10. The Kier molecular flexibility index (Phi) is 3.16. The zero-order valence-corrected chi connectivity index (χ0v) is 11.4. The molecule has 0 bridgehead atoms. The molecule has 2 aromatic rings. The van der Waals surface area contributed by atoms with Gasteiger partial charge in [-0.1, -0.05) is 0 Å². The average Bonchev–Trinajstić information content (AvgIpc) is 3.01. The van der Waals surface area contributed by atoms with E-state index in [1.54, 1.807) is 6.07 Å². The van der Waals surface area contributed by atoms with Crippen molar-refractivity contribution in [1.82, 2.24) is 4.90 Å². The maximum Gasteiger partial charge on any atom is 0.372 e. The van der Waals surface area contributed by atoms with Crippen molar-refractivity contribution in [2.24, 2.45) is 0 Å². The molecule has 4 nitrogen and oxygen atoms in total. The lowest BCUT2D eigenvalue weighted by atomic mass is 10.0. The molecule has 0 radical (unpaired) electrons. The maximum atomic E-state index is 11.1. The summed E-state index contributed by atoms with van der Waals surface area (Å²) in [6, 6.07) is 4.25. The zero-order valence-electron chi connectivity index (χ0n) is 10.6. The molecule has 1 N–H and O–H groups in total. The quantitative estimate of drug-likeness (QED) is 0.936. The molecule has 0 amide bonds. The number of fused-ring (bicyclic) bond motifs is 1. The molecule has 0 aliphatic carbocycles. The summed E-state index contributed by atoms with van der Waals surface area (Å²) >= 11 is 1.81. The van der Waals surface area contributed by atoms with E-state index in [1.807, 2.05) is 11.3 Å². The second kappa shape index (κ2) is 4.83. The molecule has 1 aliphatic heterocycles. The Morgan fingerprint density at radius 1 is 1.58 bits per heavy atom.